The van der Waals surface area contributed by atoms with E-state index >= 15 is 0 Å². The van der Waals surface area contributed by atoms with Crippen molar-refractivity contribution in [3.63, 3.8) is 0 Å². The van der Waals surface area contributed by atoms with E-state index in [1.54, 1.807) is 0 Å². The maximum absolute atomic E-state index is 12.9. The Bertz CT molecular complexity index is 1320. The highest BCUT2D eigenvalue weighted by molar-refractivity contribution is 5.71. The number of rotatable bonds is 55. The number of allylic oxidation sites excluding steroid dienone is 12. The van der Waals surface area contributed by atoms with E-state index in [1.807, 2.05) is 0 Å². The summed E-state index contributed by atoms with van der Waals surface area (Å²) in [6.45, 7) is 6.57. The Hall–Kier alpha value is -3.15. The van der Waals surface area contributed by atoms with Gasteiger partial charge in [-0.2, -0.15) is 0 Å². The van der Waals surface area contributed by atoms with E-state index in [2.05, 4.69) is 93.7 Å². The Morgan fingerprint density at radius 3 is 0.859 bits per heavy atom. The van der Waals surface area contributed by atoms with Crippen molar-refractivity contribution < 1.29 is 28.6 Å². The number of esters is 3. The molecule has 0 aliphatic carbocycles. The minimum atomic E-state index is -0.799. The fourth-order valence-corrected chi connectivity index (χ4v) is 8.53. The van der Waals surface area contributed by atoms with Gasteiger partial charge in [0.1, 0.15) is 13.2 Å². The van der Waals surface area contributed by atoms with Gasteiger partial charge in [-0.15, -0.1) is 0 Å². The van der Waals surface area contributed by atoms with Crippen molar-refractivity contribution in [1.29, 1.82) is 0 Å². The van der Waals surface area contributed by atoms with Gasteiger partial charge in [0.15, 0.2) is 6.10 Å². The zero-order valence-corrected chi connectivity index (χ0v) is 47.0. The molecule has 0 N–H and O–H groups in total. The number of unbranched alkanes of at least 4 members (excludes halogenated alkanes) is 32. The Labute approximate surface area is 440 Å². The molecule has 0 amide bonds. The molecule has 71 heavy (non-hydrogen) atoms. The van der Waals surface area contributed by atoms with Crippen LogP contribution in [0, 0.1) is 0 Å². The Morgan fingerprint density at radius 1 is 0.282 bits per heavy atom. The largest absolute Gasteiger partial charge is 0.462 e. The van der Waals surface area contributed by atoms with Crippen molar-refractivity contribution in [2.24, 2.45) is 0 Å². The highest BCUT2D eigenvalue weighted by Gasteiger charge is 2.19. The molecule has 0 spiro atoms. The SMILES string of the molecule is CCCCC/C=C\C/C=C\C/C=C\CCCCC(=O)O[C@H](COC(=O)CCCCCCCCC/C=C\C/C=C\CCCCC)COC(=O)CCCCCCCCCCCCC/C=C\CCCCCCCC. The van der Waals surface area contributed by atoms with Crippen LogP contribution in [0.1, 0.15) is 303 Å². The van der Waals surface area contributed by atoms with Crippen LogP contribution in [0.5, 0.6) is 0 Å². The average Bonchev–Trinajstić information content (AvgIpc) is 3.37. The molecule has 1 atom stereocenters. The molecule has 0 bridgehead atoms. The first-order valence-electron chi connectivity index (χ1n) is 30.4. The van der Waals surface area contributed by atoms with Crippen LogP contribution in [-0.4, -0.2) is 37.2 Å². The maximum Gasteiger partial charge on any atom is 0.306 e. The third kappa shape index (κ3) is 57.6. The van der Waals surface area contributed by atoms with E-state index in [1.165, 1.54) is 180 Å². The molecule has 0 aliphatic heterocycles. The molecule has 0 unspecified atom stereocenters. The van der Waals surface area contributed by atoms with E-state index in [0.29, 0.717) is 19.3 Å². The van der Waals surface area contributed by atoms with Crippen LogP contribution in [0.3, 0.4) is 0 Å². The second-order valence-corrected chi connectivity index (χ2v) is 20.2. The molecule has 0 heterocycles. The van der Waals surface area contributed by atoms with Crippen molar-refractivity contribution in [3.05, 3.63) is 72.9 Å². The van der Waals surface area contributed by atoms with Gasteiger partial charge in [-0.25, -0.2) is 0 Å². The fourth-order valence-electron chi connectivity index (χ4n) is 8.53. The van der Waals surface area contributed by atoms with Gasteiger partial charge >= 0.3 is 17.9 Å². The molecule has 0 aliphatic rings. The van der Waals surface area contributed by atoms with Crippen LogP contribution in [0.15, 0.2) is 72.9 Å². The number of hydrogen-bond donors (Lipinski definition) is 0. The normalized spacial score (nSPS) is 12.5. The van der Waals surface area contributed by atoms with Crippen molar-refractivity contribution in [2.75, 3.05) is 13.2 Å². The van der Waals surface area contributed by atoms with E-state index in [0.717, 1.165) is 77.0 Å². The van der Waals surface area contributed by atoms with Gasteiger partial charge in [-0.05, 0) is 116 Å². The third-order valence-corrected chi connectivity index (χ3v) is 13.2. The number of carbonyl (C=O) groups excluding carboxylic acids is 3. The van der Waals surface area contributed by atoms with E-state index < -0.39 is 6.10 Å². The molecule has 0 aromatic heterocycles. The van der Waals surface area contributed by atoms with Crippen LogP contribution in [0.4, 0.5) is 0 Å². The van der Waals surface area contributed by atoms with Crippen molar-refractivity contribution >= 4 is 17.9 Å². The lowest BCUT2D eigenvalue weighted by molar-refractivity contribution is -0.167. The van der Waals surface area contributed by atoms with Crippen molar-refractivity contribution in [2.45, 2.75) is 309 Å². The van der Waals surface area contributed by atoms with Gasteiger partial charge in [-0.1, -0.05) is 241 Å². The molecule has 0 aromatic rings. The molecule has 0 radical (unpaired) electrons. The highest BCUT2D eigenvalue weighted by Crippen LogP contribution is 2.15. The lowest BCUT2D eigenvalue weighted by atomic mass is 10.0. The Balaban J connectivity index is 4.39. The minimum Gasteiger partial charge on any atom is -0.462 e. The molecule has 0 aromatic carbocycles. The second kappa shape index (κ2) is 59.4. The first kappa shape index (κ1) is 67.8. The van der Waals surface area contributed by atoms with Crippen LogP contribution in [0.25, 0.3) is 0 Å². The van der Waals surface area contributed by atoms with E-state index in [9.17, 15) is 14.4 Å². The summed E-state index contributed by atoms with van der Waals surface area (Å²) in [5.74, 6) is -0.929. The molecule has 410 valence electrons. The van der Waals surface area contributed by atoms with Gasteiger partial charge in [0.2, 0.25) is 0 Å². The lowest BCUT2D eigenvalue weighted by Crippen LogP contribution is -2.30. The van der Waals surface area contributed by atoms with Crippen LogP contribution in [0.2, 0.25) is 0 Å². The van der Waals surface area contributed by atoms with Gasteiger partial charge < -0.3 is 14.2 Å². The quantitative estimate of drug-likeness (QED) is 0.0261. The summed E-state index contributed by atoms with van der Waals surface area (Å²) >= 11 is 0. The third-order valence-electron chi connectivity index (χ3n) is 13.2. The minimum absolute atomic E-state index is 0.0926. The summed E-state index contributed by atoms with van der Waals surface area (Å²) < 4.78 is 16.9. The molecular formula is C65H114O6. The molecule has 0 fully saturated rings. The number of ether oxygens (including phenoxy) is 3. The summed E-state index contributed by atoms with van der Waals surface area (Å²) in [5, 5.41) is 0. The summed E-state index contributed by atoms with van der Waals surface area (Å²) in [7, 11) is 0. The molecule has 0 saturated carbocycles. The maximum atomic E-state index is 12.9. The van der Waals surface area contributed by atoms with Gasteiger partial charge in [0.25, 0.3) is 0 Å². The molecule has 6 nitrogen and oxygen atoms in total. The smallest absolute Gasteiger partial charge is 0.306 e. The van der Waals surface area contributed by atoms with Crippen molar-refractivity contribution in [3.8, 4) is 0 Å². The molecule has 6 heteroatoms. The van der Waals surface area contributed by atoms with Gasteiger partial charge in [0, 0.05) is 19.3 Å². The first-order chi connectivity index (χ1) is 35.0. The predicted octanol–water partition coefficient (Wildman–Crippen LogP) is 20.5. The average molecular weight is 992 g/mol. The summed E-state index contributed by atoms with van der Waals surface area (Å²) in [6.07, 6.45) is 76.1. The monoisotopic (exact) mass is 991 g/mol. The molecular weight excluding hydrogens is 877 g/mol. The van der Waals surface area contributed by atoms with E-state index in [4.69, 9.17) is 14.2 Å². The lowest BCUT2D eigenvalue weighted by Gasteiger charge is -2.18. The highest BCUT2D eigenvalue weighted by atomic mass is 16.6. The van der Waals surface area contributed by atoms with Crippen LogP contribution >= 0.6 is 0 Å². The van der Waals surface area contributed by atoms with E-state index in [-0.39, 0.29) is 37.5 Å². The summed E-state index contributed by atoms with van der Waals surface area (Å²) in [4.78, 5) is 38.2. The zero-order valence-electron chi connectivity index (χ0n) is 47.0. The topological polar surface area (TPSA) is 78.9 Å². The number of hydrogen-bond acceptors (Lipinski definition) is 6. The molecule has 0 rings (SSSR count). The second-order valence-electron chi connectivity index (χ2n) is 20.2. The van der Waals surface area contributed by atoms with Crippen LogP contribution in [-0.2, 0) is 28.6 Å². The first-order valence-corrected chi connectivity index (χ1v) is 30.4. The Kier molecular flexibility index (Phi) is 56.8. The molecule has 0 saturated heterocycles. The van der Waals surface area contributed by atoms with Gasteiger partial charge in [0.05, 0.1) is 0 Å². The predicted molar refractivity (Wildman–Crippen MR) is 307 cm³/mol. The fraction of sp³-hybridized carbons (Fsp3) is 0.769. The number of carbonyl (C=O) groups is 3. The van der Waals surface area contributed by atoms with Gasteiger partial charge in [-0.3, -0.25) is 14.4 Å². The Morgan fingerprint density at radius 2 is 0.507 bits per heavy atom. The van der Waals surface area contributed by atoms with Crippen LogP contribution < -0.4 is 0 Å². The zero-order chi connectivity index (χ0) is 51.4. The summed E-state index contributed by atoms with van der Waals surface area (Å²) in [5.41, 5.74) is 0. The summed E-state index contributed by atoms with van der Waals surface area (Å²) in [6, 6.07) is 0. The van der Waals surface area contributed by atoms with Crippen molar-refractivity contribution in [1.82, 2.24) is 0 Å². The standard InChI is InChI=1S/C65H114O6/c1-4-7-10-13-16-19-22-25-28-30-31-32-33-35-38-40-43-46-49-52-55-58-64(67)70-61-62(71-65(68)59-56-53-50-47-44-41-36-27-24-21-18-15-12-9-6-3)60-69-63(66)57-54-51-48-45-42-39-37-34-29-26-23-20-17-14-11-8-5-2/h17-18,20-21,25-29,36,44,47,62H,4-16,19,22-24,30-35,37-43,45-46,48-61H2,1-3H3/b20-17-,21-18-,28-25-,29-26-,36-27-,47-44-/t62-/m1/s1.